The molecule has 0 aromatic carbocycles. The van der Waals surface area contributed by atoms with E-state index >= 15 is 0 Å². The summed E-state index contributed by atoms with van der Waals surface area (Å²) in [4.78, 5) is 0. The molecule has 0 fully saturated rings. The Kier molecular flexibility index (Phi) is 240. The molecule has 0 heterocycles. The van der Waals surface area contributed by atoms with Crippen molar-refractivity contribution in [3.05, 3.63) is 6.82 Å². The Morgan fingerprint density at radius 1 is 1.20 bits per heavy atom. The Balaban J connectivity index is -0.00000000167. The largest absolute Gasteiger partial charge is 0.382 e. The molecule has 4 heteroatoms. The van der Waals surface area contributed by atoms with Gasteiger partial charge in [-0.2, -0.15) is 7.85 Å². The third-order valence-electron chi connectivity index (χ3n) is 0. The van der Waals surface area contributed by atoms with Gasteiger partial charge in [-0.15, -0.1) is 0 Å². The minimum atomic E-state index is 0. The number of hydrogen-bond donors (Lipinski definition) is 0. The molecule has 0 aliphatic heterocycles. The van der Waals surface area contributed by atoms with Crippen molar-refractivity contribution in [1.29, 1.82) is 0 Å². The Labute approximate surface area is 69.7 Å². The van der Waals surface area contributed by atoms with E-state index in [-0.39, 0.29) is 55.5 Å². The molecule has 0 unspecified atom stereocenters. The van der Waals surface area contributed by atoms with Gasteiger partial charge in [0, 0.05) is 55.5 Å². The third kappa shape index (κ3) is 25.8. The predicted molar refractivity (Wildman–Crippen MR) is 11.1 cm³/mol. The summed E-state index contributed by atoms with van der Waals surface area (Å²) in [6.45, 7) is 2.75. The molecule has 0 aliphatic carbocycles. The van der Waals surface area contributed by atoms with Gasteiger partial charge in [0.25, 0.3) is 0 Å². The van der Waals surface area contributed by atoms with E-state index in [2.05, 4.69) is 14.7 Å². The summed E-state index contributed by atoms with van der Waals surface area (Å²) in [6.07, 6.45) is 0. The molecule has 2 radical (unpaired) electrons. The molecule has 0 N–H and O–H groups in total. The zero-order valence-electron chi connectivity index (χ0n) is 2.45. The van der Waals surface area contributed by atoms with Crippen LogP contribution in [0.1, 0.15) is 0 Å². The molecule has 0 spiro atoms. The van der Waals surface area contributed by atoms with E-state index in [1.165, 1.54) is 0 Å². The predicted octanol–water partition coefficient (Wildman–Crippen LogP) is -0.0610. The van der Waals surface area contributed by atoms with Crippen LogP contribution in [-0.4, -0.2) is 7.85 Å². The molecule has 0 rings (SSSR count). The van der Waals surface area contributed by atoms with Crippen LogP contribution in [0, 0.1) is 6.82 Å². The fourth-order valence-corrected chi connectivity index (χ4v) is 0. The fraction of sp³-hybridized carbons (Fsp3) is 0. The van der Waals surface area contributed by atoms with Gasteiger partial charge in [0.05, 0.1) is 0 Å². The average Bonchev–Trinajstić information content (AvgIpc) is 1.00. The molecule has 0 atom stereocenters. The van der Waals surface area contributed by atoms with Gasteiger partial charge < -0.3 is 6.82 Å². The molecule has 0 amide bonds. The molecule has 0 nitrogen and oxygen atoms in total. The van der Waals surface area contributed by atoms with Crippen LogP contribution in [0.3, 0.4) is 0 Å². The zero-order chi connectivity index (χ0) is 2.00. The maximum absolute atomic E-state index is 4.25. The summed E-state index contributed by atoms with van der Waals surface area (Å²) in [5.74, 6) is 0. The molecule has 30 valence electrons. The van der Waals surface area contributed by atoms with Crippen molar-refractivity contribution in [3.8, 4) is 0 Å². The van der Waals surface area contributed by atoms with Crippen molar-refractivity contribution >= 4 is 7.85 Å². The Hall–Kier alpha value is 1.81. The van der Waals surface area contributed by atoms with Gasteiger partial charge in [-0.05, 0) is 0 Å². The van der Waals surface area contributed by atoms with Gasteiger partial charge in [0.1, 0.15) is 0 Å². The van der Waals surface area contributed by atoms with Crippen LogP contribution in [0.5, 0.6) is 0 Å². The normalized spacial score (nSPS) is 1.00. The standard InChI is InChI=1S/CH2B.Cr.Fe.Mo/c1-2;;;/h1H2;;;/q-1;;;. The zero-order valence-corrected chi connectivity index (χ0v) is 6.84. The summed E-state index contributed by atoms with van der Waals surface area (Å²) < 4.78 is 0. The van der Waals surface area contributed by atoms with Crippen molar-refractivity contribution in [2.45, 2.75) is 0 Å². The van der Waals surface area contributed by atoms with Crippen LogP contribution in [0.4, 0.5) is 0 Å². The number of rotatable bonds is 0. The van der Waals surface area contributed by atoms with E-state index < -0.39 is 0 Å². The maximum Gasteiger partial charge on any atom is 0 e. The second kappa shape index (κ2) is 41.1. The average molecular weight is 229 g/mol. The molecule has 0 aromatic heterocycles. The van der Waals surface area contributed by atoms with E-state index in [1.54, 1.807) is 0 Å². The first-order valence-electron chi connectivity index (χ1n) is 0.408. The van der Waals surface area contributed by atoms with Gasteiger partial charge in [0.15, 0.2) is 0 Å². The molecule has 0 bridgehead atoms. The van der Waals surface area contributed by atoms with Crippen molar-refractivity contribution < 1.29 is 55.5 Å². The van der Waals surface area contributed by atoms with Crippen molar-refractivity contribution in [3.63, 3.8) is 0 Å². The van der Waals surface area contributed by atoms with E-state index in [1.807, 2.05) is 0 Å². The molecule has 0 aliphatic rings. The minimum absolute atomic E-state index is 0. The first-order valence-corrected chi connectivity index (χ1v) is 0.408. The monoisotopic (exact) mass is 231 g/mol. The second-order valence-corrected chi connectivity index (χ2v) is 0. The summed E-state index contributed by atoms with van der Waals surface area (Å²) in [5.41, 5.74) is 0. The first kappa shape index (κ1) is 29.1. The van der Waals surface area contributed by atoms with Gasteiger partial charge >= 0.3 is 0 Å². The fourth-order valence-electron chi connectivity index (χ4n) is 0. The van der Waals surface area contributed by atoms with Crippen LogP contribution >= 0.6 is 0 Å². The van der Waals surface area contributed by atoms with Crippen molar-refractivity contribution in [2.75, 3.05) is 0 Å². The van der Waals surface area contributed by atoms with Crippen LogP contribution in [-0.2, 0) is 55.5 Å². The van der Waals surface area contributed by atoms with E-state index in [9.17, 15) is 0 Å². The van der Waals surface area contributed by atoms with Crippen LogP contribution < -0.4 is 0 Å². The van der Waals surface area contributed by atoms with Gasteiger partial charge in [-0.25, -0.2) is 0 Å². The van der Waals surface area contributed by atoms with Gasteiger partial charge in [-0.3, -0.25) is 0 Å². The van der Waals surface area contributed by atoms with E-state index in [4.69, 9.17) is 0 Å². The summed E-state index contributed by atoms with van der Waals surface area (Å²) in [6, 6.07) is 0. The summed E-state index contributed by atoms with van der Waals surface area (Å²) in [5, 5.41) is 0. The summed E-state index contributed by atoms with van der Waals surface area (Å²) in [7, 11) is 4.25. The Morgan fingerprint density at radius 2 is 1.20 bits per heavy atom. The van der Waals surface area contributed by atoms with Crippen molar-refractivity contribution in [2.24, 2.45) is 0 Å². The van der Waals surface area contributed by atoms with Crippen molar-refractivity contribution in [1.82, 2.24) is 0 Å². The summed E-state index contributed by atoms with van der Waals surface area (Å²) >= 11 is 0. The smallest absolute Gasteiger partial charge is 0 e. The third-order valence-corrected chi connectivity index (χ3v) is 0. The van der Waals surface area contributed by atoms with Crippen LogP contribution in [0.2, 0.25) is 0 Å². The molecule has 0 saturated heterocycles. The van der Waals surface area contributed by atoms with Crippen LogP contribution in [0.15, 0.2) is 0 Å². The molecule has 0 saturated carbocycles. The maximum atomic E-state index is 4.25. The van der Waals surface area contributed by atoms with Gasteiger partial charge in [0.2, 0.25) is 0 Å². The molecule has 5 heavy (non-hydrogen) atoms. The second-order valence-electron chi connectivity index (χ2n) is 0. The minimum Gasteiger partial charge on any atom is -0.382 e. The Bertz CT molecular complexity index is 11.6. The molecular weight excluding hydrogens is 227 g/mol. The number of hydrogen-bond acceptors (Lipinski definition) is 0. The first-order chi connectivity index (χ1) is 1.00. The van der Waals surface area contributed by atoms with E-state index in [0.29, 0.717) is 0 Å². The molecule has 0 aromatic rings. The van der Waals surface area contributed by atoms with Gasteiger partial charge in [-0.1, -0.05) is 0 Å². The quantitative estimate of drug-likeness (QED) is 0.403. The van der Waals surface area contributed by atoms with E-state index in [0.717, 1.165) is 0 Å². The molecular formula is CH2BCrFeMo-. The SMILES string of the molecule is [B][CH2-].[Cr].[Fe].[Mo]. The van der Waals surface area contributed by atoms with Crippen LogP contribution in [0.25, 0.3) is 0 Å². The Morgan fingerprint density at radius 3 is 1.20 bits per heavy atom. The topological polar surface area (TPSA) is 0 Å².